The Hall–Kier alpha value is -1.88. The molecule has 0 saturated heterocycles. The quantitative estimate of drug-likeness (QED) is 0.649. The molecule has 23 heavy (non-hydrogen) atoms. The minimum atomic E-state index is -0.943. The highest BCUT2D eigenvalue weighted by Gasteiger charge is 2.28. The average molecular weight is 320 g/mol. The Morgan fingerprint density at radius 2 is 1.52 bits per heavy atom. The minimum Gasteiger partial charge on any atom is -0.389 e. The summed E-state index contributed by atoms with van der Waals surface area (Å²) in [5.74, 6) is -0.290. The first-order chi connectivity index (χ1) is 10.9. The van der Waals surface area contributed by atoms with E-state index in [-0.39, 0.29) is 18.2 Å². The fourth-order valence-corrected chi connectivity index (χ4v) is 2.66. The number of hydrogen-bond donors (Lipinski definition) is 3. The number of nitrogens with one attached hydrogen (secondary N) is 2. The molecule has 128 valence electrons. The van der Waals surface area contributed by atoms with E-state index in [2.05, 4.69) is 10.6 Å². The van der Waals surface area contributed by atoms with Gasteiger partial charge in [0.2, 0.25) is 11.8 Å². The lowest BCUT2D eigenvalue weighted by atomic mass is 9.89. The van der Waals surface area contributed by atoms with E-state index < -0.39 is 5.60 Å². The number of benzene rings is 1. The summed E-state index contributed by atoms with van der Waals surface area (Å²) >= 11 is 0. The van der Waals surface area contributed by atoms with E-state index in [9.17, 15) is 14.7 Å². The first-order valence-corrected chi connectivity index (χ1v) is 8.34. The van der Waals surface area contributed by atoms with E-state index in [1.165, 1.54) is 0 Å². The number of amides is 2. The normalized spacial score (nSPS) is 11.1. The van der Waals surface area contributed by atoms with Crippen LogP contribution in [-0.4, -0.2) is 22.5 Å². The van der Waals surface area contributed by atoms with Crippen LogP contribution in [0.5, 0.6) is 0 Å². The summed E-state index contributed by atoms with van der Waals surface area (Å²) in [5.41, 5.74) is 0.313. The van der Waals surface area contributed by atoms with E-state index in [1.54, 1.807) is 31.2 Å². The van der Waals surface area contributed by atoms with Gasteiger partial charge in [-0.25, -0.2) is 0 Å². The van der Waals surface area contributed by atoms with Crippen LogP contribution in [0.1, 0.15) is 59.3 Å². The molecule has 0 heterocycles. The fraction of sp³-hybridized carbons (Fsp3) is 0.556. The maximum absolute atomic E-state index is 12.2. The van der Waals surface area contributed by atoms with Crippen molar-refractivity contribution in [3.63, 3.8) is 0 Å². The summed E-state index contributed by atoms with van der Waals surface area (Å²) in [6, 6.07) is 7.02. The maximum atomic E-state index is 12.2. The van der Waals surface area contributed by atoms with Crippen molar-refractivity contribution in [2.45, 2.75) is 64.9 Å². The zero-order chi connectivity index (χ0) is 17.3. The molecule has 3 N–H and O–H groups in total. The second kappa shape index (κ2) is 9.30. The average Bonchev–Trinajstić information content (AvgIpc) is 2.47. The smallest absolute Gasteiger partial charge is 0.227 e. The Morgan fingerprint density at radius 1 is 1.00 bits per heavy atom. The molecule has 0 unspecified atom stereocenters. The molecule has 5 heteroatoms. The van der Waals surface area contributed by atoms with Crippen molar-refractivity contribution < 1.29 is 14.7 Å². The van der Waals surface area contributed by atoms with Gasteiger partial charge < -0.3 is 15.7 Å². The van der Waals surface area contributed by atoms with E-state index in [0.29, 0.717) is 30.6 Å². The molecule has 0 radical (unpaired) electrons. The van der Waals surface area contributed by atoms with Crippen molar-refractivity contribution in [1.29, 1.82) is 0 Å². The van der Waals surface area contributed by atoms with Gasteiger partial charge in [0.25, 0.3) is 0 Å². The van der Waals surface area contributed by atoms with Crippen molar-refractivity contribution in [3.8, 4) is 0 Å². The van der Waals surface area contributed by atoms with Crippen LogP contribution in [0.4, 0.5) is 11.4 Å². The lowest BCUT2D eigenvalue weighted by Crippen LogP contribution is -2.33. The highest BCUT2D eigenvalue weighted by molar-refractivity contribution is 5.94. The molecule has 0 aliphatic rings. The van der Waals surface area contributed by atoms with Gasteiger partial charge >= 0.3 is 0 Å². The van der Waals surface area contributed by atoms with Crippen LogP contribution < -0.4 is 10.6 Å². The summed E-state index contributed by atoms with van der Waals surface area (Å²) in [5, 5.41) is 16.1. The lowest BCUT2D eigenvalue weighted by Gasteiger charge is -2.26. The van der Waals surface area contributed by atoms with Crippen LogP contribution in [0.15, 0.2) is 24.3 Å². The van der Waals surface area contributed by atoms with Gasteiger partial charge in [0.15, 0.2) is 0 Å². The number of carbonyl (C=O) groups is 2. The third kappa shape index (κ3) is 6.82. The molecule has 0 aliphatic heterocycles. The third-order valence-corrected chi connectivity index (χ3v) is 3.67. The highest BCUT2D eigenvalue weighted by Crippen LogP contribution is 2.24. The van der Waals surface area contributed by atoms with Gasteiger partial charge in [-0.2, -0.15) is 0 Å². The molecule has 0 atom stereocenters. The Kier molecular flexibility index (Phi) is 7.75. The van der Waals surface area contributed by atoms with Gasteiger partial charge in [-0.15, -0.1) is 0 Å². The van der Waals surface area contributed by atoms with Crippen LogP contribution in [0.25, 0.3) is 0 Å². The second-order valence-corrected chi connectivity index (χ2v) is 5.93. The zero-order valence-corrected chi connectivity index (χ0v) is 14.3. The summed E-state index contributed by atoms with van der Waals surface area (Å²) < 4.78 is 0. The molecular formula is C18H28N2O3. The van der Waals surface area contributed by atoms with Crippen molar-refractivity contribution in [2.24, 2.45) is 0 Å². The summed E-state index contributed by atoms with van der Waals surface area (Å²) in [7, 11) is 0. The van der Waals surface area contributed by atoms with E-state index in [4.69, 9.17) is 0 Å². The Bertz CT molecular complexity index is 523. The first-order valence-electron chi connectivity index (χ1n) is 8.34. The van der Waals surface area contributed by atoms with Crippen molar-refractivity contribution in [2.75, 3.05) is 10.6 Å². The number of anilines is 2. The van der Waals surface area contributed by atoms with Gasteiger partial charge in [0.05, 0.1) is 12.0 Å². The van der Waals surface area contributed by atoms with Gasteiger partial charge in [-0.3, -0.25) is 9.59 Å². The summed E-state index contributed by atoms with van der Waals surface area (Å²) in [4.78, 5) is 23.6. The molecule has 1 aromatic rings. The van der Waals surface area contributed by atoms with Crippen LogP contribution in [0, 0.1) is 0 Å². The molecule has 5 nitrogen and oxygen atoms in total. The van der Waals surface area contributed by atoms with Gasteiger partial charge in [0.1, 0.15) is 0 Å². The number of carbonyl (C=O) groups excluding carboxylic acids is 2. The fourth-order valence-electron chi connectivity index (χ4n) is 2.66. The molecule has 0 bridgehead atoms. The molecule has 2 amide bonds. The van der Waals surface area contributed by atoms with Crippen LogP contribution in [-0.2, 0) is 9.59 Å². The molecule has 1 aromatic carbocycles. The lowest BCUT2D eigenvalue weighted by molar-refractivity contribution is -0.121. The standard InChI is InChI=1S/C18H28N2O3/c1-4-10-18(23,11-5-2)13-17(22)20-15-9-7-8-14(12-15)19-16(21)6-3/h7-9,12,23H,4-6,10-11,13H2,1-3H3,(H,19,21)(H,20,22). The van der Waals surface area contributed by atoms with Crippen molar-refractivity contribution in [3.05, 3.63) is 24.3 Å². The van der Waals surface area contributed by atoms with Crippen molar-refractivity contribution >= 4 is 23.2 Å². The Labute approximate surface area is 138 Å². The molecule has 1 rings (SSSR count). The SMILES string of the molecule is CCCC(O)(CCC)CC(=O)Nc1cccc(NC(=O)CC)c1. The molecule has 0 aromatic heterocycles. The summed E-state index contributed by atoms with van der Waals surface area (Å²) in [6.45, 7) is 5.78. The third-order valence-electron chi connectivity index (χ3n) is 3.67. The molecular weight excluding hydrogens is 292 g/mol. The predicted octanol–water partition coefficient (Wildman–Crippen LogP) is 3.70. The van der Waals surface area contributed by atoms with Crippen LogP contribution in [0.3, 0.4) is 0 Å². The second-order valence-electron chi connectivity index (χ2n) is 5.93. The van der Waals surface area contributed by atoms with Gasteiger partial charge in [-0.1, -0.05) is 39.7 Å². The zero-order valence-electron chi connectivity index (χ0n) is 14.3. The largest absolute Gasteiger partial charge is 0.389 e. The monoisotopic (exact) mass is 320 g/mol. The number of hydrogen-bond acceptors (Lipinski definition) is 3. The van der Waals surface area contributed by atoms with Crippen LogP contribution in [0.2, 0.25) is 0 Å². The molecule has 0 aliphatic carbocycles. The maximum Gasteiger partial charge on any atom is 0.227 e. The minimum absolute atomic E-state index is 0.0752. The van der Waals surface area contributed by atoms with Crippen molar-refractivity contribution in [1.82, 2.24) is 0 Å². The van der Waals surface area contributed by atoms with E-state index in [1.807, 2.05) is 13.8 Å². The first kappa shape index (κ1) is 19.2. The molecule has 0 fully saturated rings. The van der Waals surface area contributed by atoms with Crippen LogP contribution >= 0.6 is 0 Å². The Balaban J connectivity index is 2.69. The molecule has 0 saturated carbocycles. The Morgan fingerprint density at radius 3 is 2.00 bits per heavy atom. The topological polar surface area (TPSA) is 78.4 Å². The van der Waals surface area contributed by atoms with E-state index in [0.717, 1.165) is 12.8 Å². The summed E-state index contributed by atoms with van der Waals surface area (Å²) in [6.07, 6.45) is 3.38. The predicted molar refractivity (Wildman–Crippen MR) is 93.4 cm³/mol. The van der Waals surface area contributed by atoms with E-state index >= 15 is 0 Å². The number of aliphatic hydroxyl groups is 1. The molecule has 0 spiro atoms. The number of rotatable bonds is 9. The highest BCUT2D eigenvalue weighted by atomic mass is 16.3. The van der Waals surface area contributed by atoms with Gasteiger partial charge in [-0.05, 0) is 31.0 Å². The van der Waals surface area contributed by atoms with Gasteiger partial charge in [0, 0.05) is 17.8 Å².